The Hall–Kier alpha value is -1.18. The standard InChI is InChI=1S/C11H14N2.C9H16I2N2O3.C3H2N2.Pt/c1-12-7-8-13(10-12)9-11-5-3-2-4-6-11;1-5(2)4-6(12)7(14)13(3)9(10,11)8(15)16;1-2-5-3-4-1;/h2-8H,9-10H2,1H3;5-6H,4,12H2,1-3H3,(H,15,16);1-2H;/t;6-;;/m.0../s1. The summed E-state index contributed by atoms with van der Waals surface area (Å²) in [6.07, 6.45) is 8.12. The van der Waals surface area contributed by atoms with E-state index >= 15 is 0 Å². The van der Waals surface area contributed by atoms with Crippen molar-refractivity contribution in [2.24, 2.45) is 21.6 Å². The first-order chi connectivity index (χ1) is 16.3. The van der Waals surface area contributed by atoms with Crippen molar-refractivity contribution < 1.29 is 34.0 Å². The summed E-state index contributed by atoms with van der Waals surface area (Å²) in [5.74, 6) is -1.11. The van der Waals surface area contributed by atoms with Crippen molar-refractivity contribution in [3.63, 3.8) is 0 Å². The van der Waals surface area contributed by atoms with Gasteiger partial charge >= 0.3 is 51.9 Å². The molecule has 0 bridgehead atoms. The molecule has 196 valence electrons. The van der Waals surface area contributed by atoms with Crippen LogP contribution in [0.15, 0.2) is 52.7 Å². The third kappa shape index (κ3) is 12.1. The number of carboxylic acid groups (broad SMARTS) is 1. The Morgan fingerprint density at radius 2 is 1.77 bits per heavy atom. The van der Waals surface area contributed by atoms with Gasteiger partial charge < -0.3 is 25.5 Å². The second kappa shape index (κ2) is 15.8. The number of carboxylic acids is 1. The zero-order valence-electron chi connectivity index (χ0n) is 20.1. The van der Waals surface area contributed by atoms with Gasteiger partial charge in [0, 0.05) is 33.0 Å². The molecule has 1 aromatic rings. The summed E-state index contributed by atoms with van der Waals surface area (Å²) in [5, 5.41) is 8.97. The SMILES string of the molecule is CC(C)C[C@H](N)C(=O)N(C)C(I)(I)C(=O)O.CN1C=CN(Cc2ccccc2)C1.[Pt]=[C]1N=CC=N1. The van der Waals surface area contributed by atoms with Crippen LogP contribution in [0.2, 0.25) is 0 Å². The molecule has 2 aliphatic rings. The van der Waals surface area contributed by atoms with Crippen LogP contribution in [0.3, 0.4) is 0 Å². The average molecular weight is 889 g/mol. The second-order valence-corrected chi connectivity index (χ2v) is 14.4. The minimum absolute atomic E-state index is 0.301. The molecule has 1 atom stereocenters. The maximum absolute atomic E-state index is 11.9. The molecular weight excluding hydrogens is 857 g/mol. The van der Waals surface area contributed by atoms with Gasteiger partial charge in [0.2, 0.25) is 7.46 Å². The Kier molecular flexibility index (Phi) is 14.4. The van der Waals surface area contributed by atoms with E-state index in [4.69, 9.17) is 10.8 Å². The molecule has 0 aliphatic carbocycles. The number of nitrogens with two attached hydrogens (primary N) is 1. The van der Waals surface area contributed by atoms with Crippen LogP contribution in [0.5, 0.6) is 0 Å². The van der Waals surface area contributed by atoms with Gasteiger partial charge in [-0.1, -0.05) is 44.2 Å². The molecule has 0 fully saturated rings. The summed E-state index contributed by atoms with van der Waals surface area (Å²) >= 11 is 5.46. The Bertz CT molecular complexity index is 926. The van der Waals surface area contributed by atoms with Crippen molar-refractivity contribution in [2.45, 2.75) is 34.4 Å². The molecule has 12 heteroatoms. The van der Waals surface area contributed by atoms with Gasteiger partial charge in [0.05, 0.1) is 12.7 Å². The van der Waals surface area contributed by atoms with Gasteiger partial charge in [-0.3, -0.25) is 4.79 Å². The Balaban J connectivity index is 0.000000286. The van der Waals surface area contributed by atoms with Gasteiger partial charge in [-0.2, -0.15) is 0 Å². The molecule has 1 amide bonds. The van der Waals surface area contributed by atoms with E-state index in [1.165, 1.54) is 17.5 Å². The summed E-state index contributed by atoms with van der Waals surface area (Å²) in [7, 11) is 3.54. The number of hydrogen-bond acceptors (Lipinski definition) is 7. The van der Waals surface area contributed by atoms with E-state index in [9.17, 15) is 9.59 Å². The third-order valence-electron chi connectivity index (χ3n) is 4.63. The first kappa shape index (κ1) is 31.8. The molecule has 9 nitrogen and oxygen atoms in total. The van der Waals surface area contributed by atoms with Crippen LogP contribution in [0, 0.1) is 5.92 Å². The van der Waals surface area contributed by atoms with Crippen molar-refractivity contribution in [1.82, 2.24) is 14.7 Å². The fraction of sp³-hybridized carbons (Fsp3) is 0.435. The van der Waals surface area contributed by atoms with Gasteiger partial charge in [0.15, 0.2) is 0 Å². The maximum atomic E-state index is 11.9. The van der Waals surface area contributed by atoms with E-state index in [2.05, 4.69) is 69.6 Å². The van der Waals surface area contributed by atoms with Gasteiger partial charge in [-0.25, -0.2) is 4.79 Å². The number of likely N-dealkylation sites (N-methyl/N-ethyl adjacent to an activating group) is 1. The summed E-state index contributed by atoms with van der Waals surface area (Å²) in [6, 6.07) is 9.89. The molecule has 35 heavy (non-hydrogen) atoms. The second-order valence-electron chi connectivity index (χ2n) is 8.21. The van der Waals surface area contributed by atoms with Crippen LogP contribution < -0.4 is 5.73 Å². The fourth-order valence-electron chi connectivity index (χ4n) is 2.86. The molecule has 2 heterocycles. The van der Waals surface area contributed by atoms with E-state index < -0.39 is 13.6 Å². The van der Waals surface area contributed by atoms with Gasteiger partial charge in [0.25, 0.3) is 0 Å². The Labute approximate surface area is 245 Å². The van der Waals surface area contributed by atoms with Crippen LogP contribution >= 0.6 is 45.2 Å². The number of hydrogen-bond donors (Lipinski definition) is 2. The zero-order valence-corrected chi connectivity index (χ0v) is 26.7. The predicted octanol–water partition coefficient (Wildman–Crippen LogP) is 3.07. The van der Waals surface area contributed by atoms with E-state index in [0.29, 0.717) is 12.3 Å². The normalized spacial score (nSPS) is 15.0. The van der Waals surface area contributed by atoms with Crippen molar-refractivity contribution in [3.05, 3.63) is 48.3 Å². The average Bonchev–Trinajstić information content (AvgIpc) is 3.44. The monoisotopic (exact) mass is 889 g/mol. The number of carbonyl (C=O) groups is 2. The van der Waals surface area contributed by atoms with Crippen molar-refractivity contribution in [3.8, 4) is 0 Å². The topological polar surface area (TPSA) is 115 Å². The van der Waals surface area contributed by atoms with Crippen LogP contribution in [0.1, 0.15) is 25.8 Å². The number of alkyl halides is 2. The van der Waals surface area contributed by atoms with E-state index in [1.54, 1.807) is 57.6 Å². The number of amides is 1. The molecule has 0 spiro atoms. The quantitative estimate of drug-likeness (QED) is 0.248. The molecular formula is C23H32I2N6O3Pt. The summed E-state index contributed by atoms with van der Waals surface area (Å²) in [4.78, 5) is 36.0. The fourth-order valence-corrected chi connectivity index (χ4v) is 3.68. The number of carbonyl (C=O) groups excluding carboxylic acids is 1. The van der Waals surface area contributed by atoms with E-state index in [-0.39, 0.29) is 5.91 Å². The predicted molar refractivity (Wildman–Crippen MR) is 154 cm³/mol. The number of halogens is 2. The molecule has 2 aliphatic heterocycles. The molecule has 3 rings (SSSR count). The van der Waals surface area contributed by atoms with Gasteiger partial charge in [-0.05, 0) is 63.1 Å². The Morgan fingerprint density at radius 3 is 2.17 bits per heavy atom. The molecule has 1 aromatic carbocycles. The summed E-state index contributed by atoms with van der Waals surface area (Å²) < 4.78 is -0.476. The van der Waals surface area contributed by atoms with E-state index in [0.717, 1.165) is 17.4 Å². The Morgan fingerprint density at radius 1 is 1.20 bits per heavy atom. The van der Waals surface area contributed by atoms with Crippen molar-refractivity contribution in [1.29, 1.82) is 0 Å². The molecule has 0 aromatic heterocycles. The molecule has 3 N–H and O–H groups in total. The number of benzene rings is 1. The summed E-state index contributed by atoms with van der Waals surface area (Å²) in [5.41, 5.74) is 7.09. The van der Waals surface area contributed by atoms with Crippen molar-refractivity contribution in [2.75, 3.05) is 20.8 Å². The number of rotatable bonds is 7. The number of nitrogens with zero attached hydrogens (tertiary/aromatic N) is 5. The molecule has 0 radical (unpaired) electrons. The number of aliphatic carboxylic acids is 1. The van der Waals surface area contributed by atoms with Gasteiger partial charge in [-0.15, -0.1) is 0 Å². The molecule has 0 unspecified atom stereocenters. The first-order valence-corrected chi connectivity index (χ1v) is 14.0. The molecule has 0 saturated carbocycles. The van der Waals surface area contributed by atoms with Crippen LogP contribution in [0.4, 0.5) is 0 Å². The number of aliphatic imine (C=N–C) groups is 2. The van der Waals surface area contributed by atoms with Crippen LogP contribution in [-0.4, -0.2) is 76.6 Å². The van der Waals surface area contributed by atoms with Crippen LogP contribution in [0.25, 0.3) is 0 Å². The summed E-state index contributed by atoms with van der Waals surface area (Å²) in [6.45, 7) is 5.92. The van der Waals surface area contributed by atoms with Crippen LogP contribution in [-0.2, 0) is 35.5 Å². The zero-order chi connectivity index (χ0) is 26.6. The molecule has 0 saturated heterocycles. The van der Waals surface area contributed by atoms with Crippen molar-refractivity contribution >= 4 is 73.6 Å². The van der Waals surface area contributed by atoms with Gasteiger partial charge in [0.1, 0.15) is 0 Å². The first-order valence-electron chi connectivity index (χ1n) is 10.7. The minimum atomic E-state index is -1.29. The van der Waals surface area contributed by atoms with E-state index in [1.807, 2.05) is 33.2 Å². The third-order valence-corrected chi connectivity index (χ3v) is 7.59.